The van der Waals surface area contributed by atoms with Crippen molar-refractivity contribution in [1.29, 1.82) is 0 Å². The second kappa shape index (κ2) is 9.50. The molecule has 4 amide bonds. The molecule has 23 heavy (non-hydrogen) atoms. The highest BCUT2D eigenvalue weighted by Crippen LogP contribution is 2.19. The lowest BCUT2D eigenvalue weighted by Gasteiger charge is -2.35. The molecule has 1 saturated heterocycles. The van der Waals surface area contributed by atoms with Gasteiger partial charge in [0.05, 0.1) is 12.0 Å². The first-order valence-electron chi connectivity index (χ1n) is 8.46. The standard InChI is InChI=1S/C16H30N4O3/c1-5-7-11(2)18-15(22)13-8-6-9-20(10-13)12(3)14(21)19-16(23)17-4/h11-13H,5-10H2,1-4H3,(H,18,22)(H2,17,19,21,23)/t11-,12+,13+/m0/s1. The van der Waals surface area contributed by atoms with Crippen molar-refractivity contribution in [2.45, 2.75) is 58.5 Å². The molecule has 0 aliphatic carbocycles. The van der Waals surface area contributed by atoms with Gasteiger partial charge in [-0.2, -0.15) is 0 Å². The van der Waals surface area contributed by atoms with Gasteiger partial charge in [-0.1, -0.05) is 13.3 Å². The predicted octanol–water partition coefficient (Wildman–Crippen LogP) is 0.847. The van der Waals surface area contributed by atoms with Crippen LogP contribution >= 0.6 is 0 Å². The van der Waals surface area contributed by atoms with E-state index in [0.29, 0.717) is 6.54 Å². The van der Waals surface area contributed by atoms with Crippen LogP contribution in [0.3, 0.4) is 0 Å². The number of hydrogen-bond donors (Lipinski definition) is 3. The smallest absolute Gasteiger partial charge is 0.321 e. The van der Waals surface area contributed by atoms with Crippen LogP contribution in [0.4, 0.5) is 4.79 Å². The van der Waals surface area contributed by atoms with Crippen LogP contribution in [0.15, 0.2) is 0 Å². The van der Waals surface area contributed by atoms with E-state index in [-0.39, 0.29) is 23.8 Å². The monoisotopic (exact) mass is 326 g/mol. The first-order chi connectivity index (χ1) is 10.9. The summed E-state index contributed by atoms with van der Waals surface area (Å²) in [6.45, 7) is 7.18. The Kier molecular flexibility index (Phi) is 8.02. The van der Waals surface area contributed by atoms with E-state index in [1.807, 2.05) is 11.8 Å². The summed E-state index contributed by atoms with van der Waals surface area (Å²) in [7, 11) is 1.46. The van der Waals surface area contributed by atoms with E-state index in [0.717, 1.165) is 32.2 Å². The Balaban J connectivity index is 2.54. The molecule has 0 saturated carbocycles. The van der Waals surface area contributed by atoms with E-state index in [1.54, 1.807) is 6.92 Å². The maximum absolute atomic E-state index is 12.3. The minimum Gasteiger partial charge on any atom is -0.353 e. The zero-order chi connectivity index (χ0) is 17.4. The molecule has 0 aromatic carbocycles. The number of urea groups is 1. The average molecular weight is 326 g/mol. The fourth-order valence-electron chi connectivity index (χ4n) is 2.88. The zero-order valence-corrected chi connectivity index (χ0v) is 14.6. The molecule has 7 nitrogen and oxygen atoms in total. The number of amides is 4. The highest BCUT2D eigenvalue weighted by molar-refractivity contribution is 5.96. The summed E-state index contributed by atoms with van der Waals surface area (Å²) in [6, 6.07) is -0.769. The SMILES string of the molecule is CCC[C@H](C)NC(=O)[C@@H]1CCCN([C@H](C)C(=O)NC(=O)NC)C1. The van der Waals surface area contributed by atoms with Crippen LogP contribution in [0.5, 0.6) is 0 Å². The van der Waals surface area contributed by atoms with Crippen LogP contribution in [-0.2, 0) is 9.59 Å². The molecule has 132 valence electrons. The Hall–Kier alpha value is -1.63. The maximum atomic E-state index is 12.3. The van der Waals surface area contributed by atoms with E-state index in [9.17, 15) is 14.4 Å². The number of likely N-dealkylation sites (tertiary alicyclic amines) is 1. The van der Waals surface area contributed by atoms with Gasteiger partial charge < -0.3 is 10.6 Å². The van der Waals surface area contributed by atoms with Gasteiger partial charge in [0.25, 0.3) is 0 Å². The van der Waals surface area contributed by atoms with Gasteiger partial charge >= 0.3 is 6.03 Å². The fourth-order valence-corrected chi connectivity index (χ4v) is 2.88. The van der Waals surface area contributed by atoms with Crippen molar-refractivity contribution in [2.24, 2.45) is 5.92 Å². The molecule has 1 aliphatic rings. The number of piperidine rings is 1. The quantitative estimate of drug-likeness (QED) is 0.675. The lowest BCUT2D eigenvalue weighted by molar-refractivity contribution is -0.131. The first kappa shape index (κ1) is 19.4. The van der Waals surface area contributed by atoms with E-state index >= 15 is 0 Å². The van der Waals surface area contributed by atoms with E-state index in [4.69, 9.17) is 0 Å². The van der Waals surface area contributed by atoms with Crippen molar-refractivity contribution >= 4 is 17.8 Å². The molecular weight excluding hydrogens is 296 g/mol. The molecular formula is C16H30N4O3. The Morgan fingerprint density at radius 1 is 1.26 bits per heavy atom. The summed E-state index contributed by atoms with van der Waals surface area (Å²) in [5, 5.41) is 7.70. The Morgan fingerprint density at radius 2 is 1.96 bits per heavy atom. The van der Waals surface area contributed by atoms with Crippen molar-refractivity contribution in [3.05, 3.63) is 0 Å². The summed E-state index contributed by atoms with van der Waals surface area (Å²) in [4.78, 5) is 37.6. The molecule has 0 radical (unpaired) electrons. The molecule has 0 aromatic rings. The van der Waals surface area contributed by atoms with Crippen LogP contribution in [0.2, 0.25) is 0 Å². The van der Waals surface area contributed by atoms with Crippen molar-refractivity contribution in [2.75, 3.05) is 20.1 Å². The highest BCUT2D eigenvalue weighted by atomic mass is 16.2. The van der Waals surface area contributed by atoms with Crippen LogP contribution in [0.25, 0.3) is 0 Å². The molecule has 0 aromatic heterocycles. The summed E-state index contributed by atoms with van der Waals surface area (Å²) >= 11 is 0. The summed E-state index contributed by atoms with van der Waals surface area (Å²) in [6.07, 6.45) is 3.71. The summed E-state index contributed by atoms with van der Waals surface area (Å²) < 4.78 is 0. The lowest BCUT2D eigenvalue weighted by Crippen LogP contribution is -2.53. The molecule has 3 N–H and O–H groups in total. The summed E-state index contributed by atoms with van der Waals surface area (Å²) in [5.74, 6) is -0.377. The van der Waals surface area contributed by atoms with Crippen LogP contribution in [0.1, 0.15) is 46.5 Å². The van der Waals surface area contributed by atoms with Gasteiger partial charge in [0.1, 0.15) is 0 Å². The predicted molar refractivity (Wildman–Crippen MR) is 88.9 cm³/mol. The zero-order valence-electron chi connectivity index (χ0n) is 14.6. The second-order valence-electron chi connectivity index (χ2n) is 6.28. The van der Waals surface area contributed by atoms with Crippen molar-refractivity contribution in [3.63, 3.8) is 0 Å². The van der Waals surface area contributed by atoms with Gasteiger partial charge in [0.2, 0.25) is 11.8 Å². The van der Waals surface area contributed by atoms with Gasteiger partial charge in [-0.3, -0.25) is 19.8 Å². The van der Waals surface area contributed by atoms with Crippen molar-refractivity contribution < 1.29 is 14.4 Å². The van der Waals surface area contributed by atoms with E-state index < -0.39 is 12.1 Å². The minimum absolute atomic E-state index is 0.0644. The van der Waals surface area contributed by atoms with Crippen molar-refractivity contribution in [3.8, 4) is 0 Å². The topological polar surface area (TPSA) is 90.5 Å². The molecule has 1 rings (SSSR count). The normalized spacial score (nSPS) is 21.1. The molecule has 0 unspecified atom stereocenters. The van der Waals surface area contributed by atoms with Gasteiger partial charge in [-0.15, -0.1) is 0 Å². The first-order valence-corrected chi connectivity index (χ1v) is 8.46. The largest absolute Gasteiger partial charge is 0.353 e. The molecule has 0 bridgehead atoms. The Labute approximate surface area is 138 Å². The third-order valence-electron chi connectivity index (χ3n) is 4.32. The van der Waals surface area contributed by atoms with E-state index in [2.05, 4.69) is 22.9 Å². The van der Waals surface area contributed by atoms with Crippen LogP contribution in [0, 0.1) is 5.92 Å². The summed E-state index contributed by atoms with van der Waals surface area (Å²) in [5.41, 5.74) is 0. The van der Waals surface area contributed by atoms with Crippen molar-refractivity contribution in [1.82, 2.24) is 20.9 Å². The molecule has 3 atom stereocenters. The van der Waals surface area contributed by atoms with E-state index in [1.165, 1.54) is 7.05 Å². The number of imide groups is 1. The number of nitrogens with one attached hydrogen (secondary N) is 3. The Bertz CT molecular complexity index is 428. The lowest BCUT2D eigenvalue weighted by atomic mass is 9.95. The minimum atomic E-state index is -0.512. The fraction of sp³-hybridized carbons (Fsp3) is 0.812. The Morgan fingerprint density at radius 3 is 2.57 bits per heavy atom. The van der Waals surface area contributed by atoms with Gasteiger partial charge in [-0.05, 0) is 39.7 Å². The van der Waals surface area contributed by atoms with Crippen LogP contribution in [-0.4, -0.2) is 55.0 Å². The number of hydrogen-bond acceptors (Lipinski definition) is 4. The van der Waals surface area contributed by atoms with Gasteiger partial charge in [0, 0.05) is 19.6 Å². The second-order valence-corrected chi connectivity index (χ2v) is 6.28. The molecule has 1 heterocycles. The maximum Gasteiger partial charge on any atom is 0.321 e. The molecule has 1 aliphatic heterocycles. The van der Waals surface area contributed by atoms with Gasteiger partial charge in [0.15, 0.2) is 0 Å². The van der Waals surface area contributed by atoms with Gasteiger partial charge in [-0.25, -0.2) is 4.79 Å². The third kappa shape index (κ3) is 6.17. The molecule has 0 spiro atoms. The molecule has 7 heteroatoms. The average Bonchev–Trinajstić information content (AvgIpc) is 2.54. The van der Waals surface area contributed by atoms with Crippen LogP contribution < -0.4 is 16.0 Å². The number of nitrogens with zero attached hydrogens (tertiary/aromatic N) is 1. The number of carbonyl (C=O) groups excluding carboxylic acids is 3. The third-order valence-corrected chi connectivity index (χ3v) is 4.32. The number of carbonyl (C=O) groups is 3. The molecule has 1 fully saturated rings. The number of rotatable bonds is 6. The highest BCUT2D eigenvalue weighted by Gasteiger charge is 2.31.